The molecule has 4 nitrogen and oxygen atoms in total. The number of thioether (sulfide) groups is 1. The number of rotatable bonds is 4. The highest BCUT2D eigenvalue weighted by Gasteiger charge is 2.17. The fraction of sp³-hybridized carbons (Fsp3) is 0.909. The van der Waals surface area contributed by atoms with Gasteiger partial charge < -0.3 is 10.6 Å². The minimum absolute atomic E-state index is 0.189. The molecule has 5 heteroatoms. The molecule has 0 aromatic carbocycles. The third-order valence-electron chi connectivity index (χ3n) is 3.13. The van der Waals surface area contributed by atoms with Crippen molar-refractivity contribution < 1.29 is 4.79 Å². The molecule has 0 aliphatic carbocycles. The predicted molar refractivity (Wildman–Crippen MR) is 67.8 cm³/mol. The molecule has 1 atom stereocenters. The number of nitrogens with zero attached hydrogens (tertiary/aromatic N) is 1. The average molecular weight is 243 g/mol. The number of hydrogen-bond donors (Lipinski definition) is 2. The summed E-state index contributed by atoms with van der Waals surface area (Å²) in [6.45, 7) is 5.42. The number of nitrogens with one attached hydrogen (secondary N) is 2. The highest BCUT2D eigenvalue weighted by Crippen LogP contribution is 2.25. The molecule has 1 unspecified atom stereocenters. The topological polar surface area (TPSA) is 44.4 Å². The van der Waals surface area contributed by atoms with E-state index in [1.165, 1.54) is 18.6 Å². The summed E-state index contributed by atoms with van der Waals surface area (Å²) in [5, 5.41) is 7.00. The van der Waals surface area contributed by atoms with E-state index in [1.807, 2.05) is 11.8 Å². The smallest absolute Gasteiger partial charge is 0.234 e. The maximum atomic E-state index is 11.7. The highest BCUT2D eigenvalue weighted by atomic mass is 32.2. The van der Waals surface area contributed by atoms with Crippen LogP contribution in [0.3, 0.4) is 0 Å². The second-order valence-corrected chi connectivity index (χ2v) is 5.87. The van der Waals surface area contributed by atoms with Gasteiger partial charge in [-0.15, -0.1) is 0 Å². The fourth-order valence-corrected chi connectivity index (χ4v) is 3.36. The minimum atomic E-state index is 0.189. The molecule has 0 bridgehead atoms. The number of carbonyl (C=O) groups is 1. The zero-order valence-electron chi connectivity index (χ0n) is 9.71. The van der Waals surface area contributed by atoms with Crippen molar-refractivity contribution in [3.05, 3.63) is 0 Å². The van der Waals surface area contributed by atoms with Crippen LogP contribution in [0.4, 0.5) is 0 Å². The Balaban J connectivity index is 1.59. The van der Waals surface area contributed by atoms with Crippen LogP contribution in [0.1, 0.15) is 12.8 Å². The highest BCUT2D eigenvalue weighted by molar-refractivity contribution is 8.00. The van der Waals surface area contributed by atoms with Gasteiger partial charge in [-0.05, 0) is 18.6 Å². The maximum absolute atomic E-state index is 11.7. The van der Waals surface area contributed by atoms with Crippen LogP contribution >= 0.6 is 11.8 Å². The number of piperazine rings is 1. The zero-order chi connectivity index (χ0) is 11.2. The molecule has 2 rings (SSSR count). The SMILES string of the molecule is O=C(CN1CCNCC1)NCC1CCCS1. The summed E-state index contributed by atoms with van der Waals surface area (Å²) in [5.41, 5.74) is 0. The standard InChI is InChI=1S/C11H21N3OS/c15-11(9-14-5-3-12-4-6-14)13-8-10-2-1-7-16-10/h10,12H,1-9H2,(H,13,15). The van der Waals surface area contributed by atoms with E-state index in [1.54, 1.807) is 0 Å². The molecular formula is C11H21N3OS. The van der Waals surface area contributed by atoms with Crippen LogP contribution in [0.5, 0.6) is 0 Å². The van der Waals surface area contributed by atoms with Gasteiger partial charge in [0.15, 0.2) is 0 Å². The first-order valence-electron chi connectivity index (χ1n) is 6.16. The van der Waals surface area contributed by atoms with E-state index in [0.717, 1.165) is 32.7 Å². The maximum Gasteiger partial charge on any atom is 0.234 e. The molecule has 2 saturated heterocycles. The number of hydrogen-bond acceptors (Lipinski definition) is 4. The molecule has 0 radical (unpaired) electrons. The van der Waals surface area contributed by atoms with Gasteiger partial charge in [-0.25, -0.2) is 0 Å². The van der Waals surface area contributed by atoms with Gasteiger partial charge >= 0.3 is 0 Å². The first-order valence-corrected chi connectivity index (χ1v) is 7.21. The van der Waals surface area contributed by atoms with Crippen molar-refractivity contribution in [3.63, 3.8) is 0 Å². The van der Waals surface area contributed by atoms with Crippen LogP contribution in [0.15, 0.2) is 0 Å². The van der Waals surface area contributed by atoms with Crippen molar-refractivity contribution in [2.75, 3.05) is 45.0 Å². The first-order chi connectivity index (χ1) is 7.84. The van der Waals surface area contributed by atoms with Gasteiger partial charge in [0.1, 0.15) is 0 Å². The predicted octanol–water partition coefficient (Wildman–Crippen LogP) is -0.0966. The van der Waals surface area contributed by atoms with Crippen molar-refractivity contribution in [1.29, 1.82) is 0 Å². The summed E-state index contributed by atoms with van der Waals surface area (Å²) in [6.07, 6.45) is 2.57. The Labute approximate surface area is 102 Å². The minimum Gasteiger partial charge on any atom is -0.354 e. The van der Waals surface area contributed by atoms with E-state index in [-0.39, 0.29) is 5.91 Å². The van der Waals surface area contributed by atoms with Crippen molar-refractivity contribution in [2.24, 2.45) is 0 Å². The first kappa shape index (κ1) is 12.2. The molecule has 2 heterocycles. The molecule has 0 saturated carbocycles. The Morgan fingerprint density at radius 1 is 1.44 bits per heavy atom. The van der Waals surface area contributed by atoms with Crippen molar-refractivity contribution in [1.82, 2.24) is 15.5 Å². The van der Waals surface area contributed by atoms with Gasteiger partial charge in [0, 0.05) is 38.0 Å². The van der Waals surface area contributed by atoms with E-state index in [4.69, 9.17) is 0 Å². The Bertz CT molecular complexity index is 225. The van der Waals surface area contributed by atoms with Crippen LogP contribution in [0.2, 0.25) is 0 Å². The average Bonchev–Trinajstić information content (AvgIpc) is 2.81. The molecule has 2 fully saturated rings. The van der Waals surface area contributed by atoms with E-state index in [2.05, 4.69) is 15.5 Å². The summed E-state index contributed by atoms with van der Waals surface area (Å²) < 4.78 is 0. The van der Waals surface area contributed by atoms with Gasteiger partial charge in [-0.3, -0.25) is 9.69 Å². The Kier molecular flexibility index (Phi) is 4.93. The summed E-state index contributed by atoms with van der Waals surface area (Å²) >= 11 is 1.99. The lowest BCUT2D eigenvalue weighted by Crippen LogP contribution is -2.48. The molecule has 0 spiro atoms. The third kappa shape index (κ3) is 3.96. The van der Waals surface area contributed by atoms with Gasteiger partial charge in [0.05, 0.1) is 6.54 Å². The lowest BCUT2D eigenvalue weighted by Gasteiger charge is -2.26. The van der Waals surface area contributed by atoms with Crippen LogP contribution in [0, 0.1) is 0 Å². The molecular weight excluding hydrogens is 222 g/mol. The number of amides is 1. The van der Waals surface area contributed by atoms with Crippen molar-refractivity contribution >= 4 is 17.7 Å². The Hall–Kier alpha value is -0.260. The third-order valence-corrected chi connectivity index (χ3v) is 4.53. The normalized spacial score (nSPS) is 26.9. The van der Waals surface area contributed by atoms with Gasteiger partial charge in [-0.1, -0.05) is 0 Å². The second kappa shape index (κ2) is 6.47. The lowest BCUT2D eigenvalue weighted by molar-refractivity contribution is -0.122. The monoisotopic (exact) mass is 243 g/mol. The summed E-state index contributed by atoms with van der Waals surface area (Å²) in [7, 11) is 0. The van der Waals surface area contributed by atoms with Gasteiger partial charge in [-0.2, -0.15) is 11.8 Å². The van der Waals surface area contributed by atoms with E-state index < -0.39 is 0 Å². The van der Waals surface area contributed by atoms with Crippen molar-refractivity contribution in [3.8, 4) is 0 Å². The van der Waals surface area contributed by atoms with E-state index in [9.17, 15) is 4.79 Å². The Morgan fingerprint density at radius 3 is 2.94 bits per heavy atom. The fourth-order valence-electron chi connectivity index (χ4n) is 2.16. The molecule has 2 aliphatic rings. The molecule has 92 valence electrons. The molecule has 1 amide bonds. The lowest BCUT2D eigenvalue weighted by atomic mass is 10.2. The second-order valence-electron chi connectivity index (χ2n) is 4.47. The summed E-state index contributed by atoms with van der Waals surface area (Å²) in [6, 6.07) is 0. The van der Waals surface area contributed by atoms with E-state index >= 15 is 0 Å². The van der Waals surface area contributed by atoms with E-state index in [0.29, 0.717) is 11.8 Å². The molecule has 16 heavy (non-hydrogen) atoms. The summed E-state index contributed by atoms with van der Waals surface area (Å²) in [5.74, 6) is 1.45. The van der Waals surface area contributed by atoms with Gasteiger partial charge in [0.25, 0.3) is 0 Å². The summed E-state index contributed by atoms with van der Waals surface area (Å²) in [4.78, 5) is 13.9. The Morgan fingerprint density at radius 2 is 2.25 bits per heavy atom. The van der Waals surface area contributed by atoms with Crippen molar-refractivity contribution in [2.45, 2.75) is 18.1 Å². The molecule has 2 aliphatic heterocycles. The zero-order valence-corrected chi connectivity index (χ0v) is 10.5. The largest absolute Gasteiger partial charge is 0.354 e. The van der Waals surface area contributed by atoms with Crippen LogP contribution < -0.4 is 10.6 Å². The van der Waals surface area contributed by atoms with Crippen LogP contribution in [-0.2, 0) is 4.79 Å². The molecule has 2 N–H and O–H groups in total. The quantitative estimate of drug-likeness (QED) is 0.724. The molecule has 0 aromatic heterocycles. The number of carbonyl (C=O) groups excluding carboxylic acids is 1. The molecule has 0 aromatic rings. The van der Waals surface area contributed by atoms with Crippen LogP contribution in [-0.4, -0.2) is 61.1 Å². The van der Waals surface area contributed by atoms with Gasteiger partial charge in [0.2, 0.25) is 5.91 Å². The van der Waals surface area contributed by atoms with Crippen LogP contribution in [0.25, 0.3) is 0 Å².